The van der Waals surface area contributed by atoms with Crippen molar-refractivity contribution in [1.29, 1.82) is 0 Å². The van der Waals surface area contributed by atoms with Gasteiger partial charge < -0.3 is 10.0 Å². The summed E-state index contributed by atoms with van der Waals surface area (Å²) in [6, 6.07) is 8.51. The van der Waals surface area contributed by atoms with Crippen LogP contribution in [0.4, 0.5) is 0 Å². The van der Waals surface area contributed by atoms with Crippen LogP contribution in [-0.4, -0.2) is 29.6 Å². The molecule has 1 atom stereocenters. The molecule has 0 bridgehead atoms. The van der Waals surface area contributed by atoms with Gasteiger partial charge in [-0.05, 0) is 91.2 Å². The maximum atomic E-state index is 11.3. The van der Waals surface area contributed by atoms with Crippen LogP contribution in [0.25, 0.3) is 10.8 Å². The number of hydrogen-bond acceptors (Lipinski definition) is 2. The summed E-state index contributed by atoms with van der Waals surface area (Å²) in [4.78, 5) is 2.48. The Bertz CT molecular complexity index is 778. The van der Waals surface area contributed by atoms with Crippen molar-refractivity contribution in [3.05, 3.63) is 46.0 Å². The number of hydrogen-bond donors (Lipinski definition) is 1. The molecule has 29 heavy (non-hydrogen) atoms. The lowest BCUT2D eigenvalue weighted by atomic mass is 9.84. The number of fused-ring (bicyclic) bond motifs is 3. The lowest BCUT2D eigenvalue weighted by molar-refractivity contribution is 0.111. The van der Waals surface area contributed by atoms with Gasteiger partial charge in [0, 0.05) is 11.6 Å². The van der Waals surface area contributed by atoms with E-state index < -0.39 is 6.10 Å². The van der Waals surface area contributed by atoms with Crippen LogP contribution in [0.2, 0.25) is 5.02 Å². The standard InChI is InChI=1S/C26H38ClNO/c1-3-5-9-15-28(16-10-6-4-2)19-26(29)25-17-20-11-7-8-12-22(20)23-14-13-21(27)18-24(23)25/h13-14,17-18,26,29H,3-12,15-16,19H2,1-2H3. The van der Waals surface area contributed by atoms with Gasteiger partial charge in [0.1, 0.15) is 0 Å². The summed E-state index contributed by atoms with van der Waals surface area (Å²) in [6.45, 7) is 7.38. The Labute approximate surface area is 182 Å². The number of benzene rings is 2. The number of nitrogens with zero attached hydrogens (tertiary/aromatic N) is 1. The molecule has 1 unspecified atom stereocenters. The largest absolute Gasteiger partial charge is 0.387 e. The van der Waals surface area contributed by atoms with E-state index in [1.165, 1.54) is 67.9 Å². The Kier molecular flexibility index (Phi) is 8.84. The van der Waals surface area contributed by atoms with Crippen molar-refractivity contribution in [3.8, 4) is 0 Å². The van der Waals surface area contributed by atoms with Crippen LogP contribution in [0.15, 0.2) is 24.3 Å². The Hall–Kier alpha value is -1.09. The van der Waals surface area contributed by atoms with Crippen molar-refractivity contribution < 1.29 is 5.11 Å². The molecular formula is C26H38ClNO. The van der Waals surface area contributed by atoms with Gasteiger partial charge in [0.15, 0.2) is 0 Å². The molecule has 0 radical (unpaired) electrons. The van der Waals surface area contributed by atoms with Gasteiger partial charge in [0.25, 0.3) is 0 Å². The zero-order chi connectivity index (χ0) is 20.6. The van der Waals surface area contributed by atoms with Crippen LogP contribution in [-0.2, 0) is 12.8 Å². The van der Waals surface area contributed by atoms with Crippen molar-refractivity contribution in [2.24, 2.45) is 0 Å². The van der Waals surface area contributed by atoms with Gasteiger partial charge in [-0.2, -0.15) is 0 Å². The molecule has 3 rings (SSSR count). The van der Waals surface area contributed by atoms with Gasteiger partial charge in [-0.25, -0.2) is 0 Å². The zero-order valence-electron chi connectivity index (χ0n) is 18.4. The van der Waals surface area contributed by atoms with Gasteiger partial charge in [-0.3, -0.25) is 0 Å². The molecule has 0 aliphatic heterocycles. The van der Waals surface area contributed by atoms with Crippen molar-refractivity contribution >= 4 is 22.4 Å². The van der Waals surface area contributed by atoms with E-state index >= 15 is 0 Å². The molecule has 3 heteroatoms. The summed E-state index contributed by atoms with van der Waals surface area (Å²) in [5.74, 6) is 0. The van der Waals surface area contributed by atoms with E-state index in [-0.39, 0.29) is 0 Å². The fourth-order valence-electron chi connectivity index (χ4n) is 4.76. The van der Waals surface area contributed by atoms with Crippen molar-refractivity contribution in [2.45, 2.75) is 84.2 Å². The van der Waals surface area contributed by atoms with Gasteiger partial charge >= 0.3 is 0 Å². The average molecular weight is 416 g/mol. The normalized spacial score (nSPS) is 15.1. The Balaban J connectivity index is 1.85. The lowest BCUT2D eigenvalue weighted by Gasteiger charge is -2.27. The third-order valence-corrected chi connectivity index (χ3v) is 6.64. The second-order valence-corrected chi connectivity index (χ2v) is 9.17. The Morgan fingerprint density at radius 2 is 1.62 bits per heavy atom. The lowest BCUT2D eigenvalue weighted by Crippen LogP contribution is -2.31. The predicted molar refractivity (Wildman–Crippen MR) is 126 cm³/mol. The van der Waals surface area contributed by atoms with E-state index in [0.717, 1.165) is 41.9 Å². The number of aliphatic hydroxyl groups is 1. The summed E-state index contributed by atoms with van der Waals surface area (Å²) in [6.07, 6.45) is 11.7. The summed E-state index contributed by atoms with van der Waals surface area (Å²) < 4.78 is 0. The van der Waals surface area contributed by atoms with Crippen molar-refractivity contribution in [1.82, 2.24) is 4.90 Å². The van der Waals surface area contributed by atoms with Crippen LogP contribution < -0.4 is 0 Å². The number of aryl methyl sites for hydroxylation is 2. The molecule has 0 spiro atoms. The van der Waals surface area contributed by atoms with Crippen LogP contribution in [0.3, 0.4) is 0 Å². The summed E-state index contributed by atoms with van der Waals surface area (Å²) in [5.41, 5.74) is 3.98. The number of aliphatic hydroxyl groups excluding tert-OH is 1. The molecule has 2 aromatic carbocycles. The first kappa shape index (κ1) is 22.6. The molecule has 0 heterocycles. The Morgan fingerprint density at radius 3 is 2.31 bits per heavy atom. The minimum atomic E-state index is -0.466. The number of halogens is 1. The highest BCUT2D eigenvalue weighted by molar-refractivity contribution is 6.31. The molecule has 1 aliphatic carbocycles. The fraction of sp³-hybridized carbons (Fsp3) is 0.615. The van der Waals surface area contributed by atoms with Crippen molar-refractivity contribution in [3.63, 3.8) is 0 Å². The average Bonchev–Trinajstić information content (AvgIpc) is 2.73. The molecule has 1 N–H and O–H groups in total. The number of rotatable bonds is 11. The first-order valence-electron chi connectivity index (χ1n) is 11.8. The van der Waals surface area contributed by atoms with Crippen LogP contribution in [0.5, 0.6) is 0 Å². The highest BCUT2D eigenvalue weighted by Gasteiger charge is 2.21. The molecule has 0 saturated heterocycles. The second kappa shape index (κ2) is 11.3. The van der Waals surface area contributed by atoms with E-state index in [2.05, 4.69) is 36.9 Å². The first-order chi connectivity index (χ1) is 14.1. The highest BCUT2D eigenvalue weighted by atomic mass is 35.5. The minimum Gasteiger partial charge on any atom is -0.387 e. The van der Waals surface area contributed by atoms with E-state index in [4.69, 9.17) is 11.6 Å². The first-order valence-corrected chi connectivity index (χ1v) is 12.2. The monoisotopic (exact) mass is 415 g/mol. The smallest absolute Gasteiger partial charge is 0.0923 e. The fourth-order valence-corrected chi connectivity index (χ4v) is 4.94. The molecular weight excluding hydrogens is 378 g/mol. The highest BCUT2D eigenvalue weighted by Crippen LogP contribution is 2.36. The minimum absolute atomic E-state index is 0.466. The predicted octanol–water partition coefficient (Wildman–Crippen LogP) is 7.09. The van der Waals surface area contributed by atoms with Gasteiger partial charge in [0.05, 0.1) is 6.10 Å². The van der Waals surface area contributed by atoms with Gasteiger partial charge in [0.2, 0.25) is 0 Å². The van der Waals surface area contributed by atoms with Crippen LogP contribution in [0, 0.1) is 0 Å². The van der Waals surface area contributed by atoms with E-state index in [9.17, 15) is 5.11 Å². The molecule has 0 amide bonds. The molecule has 160 valence electrons. The SMILES string of the molecule is CCCCCN(CCCCC)CC(O)c1cc2c(c3ccc(Cl)cc13)CCCC2. The van der Waals surface area contributed by atoms with Gasteiger partial charge in [-0.1, -0.05) is 63.3 Å². The summed E-state index contributed by atoms with van der Waals surface area (Å²) >= 11 is 6.36. The topological polar surface area (TPSA) is 23.5 Å². The number of unbranched alkanes of at least 4 members (excludes halogenated alkanes) is 4. The summed E-state index contributed by atoms with van der Waals surface area (Å²) in [7, 11) is 0. The molecule has 2 aromatic rings. The Morgan fingerprint density at radius 1 is 0.931 bits per heavy atom. The molecule has 2 nitrogen and oxygen atoms in total. The van der Waals surface area contributed by atoms with E-state index in [0.29, 0.717) is 6.54 Å². The maximum absolute atomic E-state index is 11.3. The second-order valence-electron chi connectivity index (χ2n) is 8.73. The maximum Gasteiger partial charge on any atom is 0.0923 e. The summed E-state index contributed by atoms with van der Waals surface area (Å²) in [5, 5.41) is 14.5. The van der Waals surface area contributed by atoms with Gasteiger partial charge in [-0.15, -0.1) is 0 Å². The molecule has 0 aromatic heterocycles. The van der Waals surface area contributed by atoms with E-state index in [1.54, 1.807) is 0 Å². The quantitative estimate of drug-likeness (QED) is 0.396. The van der Waals surface area contributed by atoms with Crippen LogP contribution >= 0.6 is 11.6 Å². The molecule has 1 aliphatic rings. The third-order valence-electron chi connectivity index (χ3n) is 6.40. The van der Waals surface area contributed by atoms with Crippen molar-refractivity contribution in [2.75, 3.05) is 19.6 Å². The molecule has 0 fully saturated rings. The molecule has 0 saturated carbocycles. The van der Waals surface area contributed by atoms with E-state index in [1.807, 2.05) is 6.07 Å². The zero-order valence-corrected chi connectivity index (χ0v) is 19.1. The third kappa shape index (κ3) is 5.96. The van der Waals surface area contributed by atoms with Crippen LogP contribution in [0.1, 0.15) is 88.0 Å².